The van der Waals surface area contributed by atoms with Crippen molar-refractivity contribution in [2.45, 2.75) is 25.2 Å². The van der Waals surface area contributed by atoms with E-state index in [1.807, 2.05) is 18.3 Å². The molecular weight excluding hydrogens is 294 g/mol. The Labute approximate surface area is 138 Å². The van der Waals surface area contributed by atoms with E-state index >= 15 is 0 Å². The highest BCUT2D eigenvalue weighted by molar-refractivity contribution is 7.80. The van der Waals surface area contributed by atoms with E-state index in [4.69, 9.17) is 17.0 Å². The SMILES string of the molecule is S=C(NCC1CCC1)C(CN1CCOCC1)c1ccccn1. The minimum atomic E-state index is 0.175. The Morgan fingerprint density at radius 1 is 1.36 bits per heavy atom. The van der Waals surface area contributed by atoms with Crippen molar-refractivity contribution in [3.63, 3.8) is 0 Å². The van der Waals surface area contributed by atoms with E-state index in [0.717, 1.165) is 56.0 Å². The fourth-order valence-electron chi connectivity index (χ4n) is 3.00. The predicted octanol–water partition coefficient (Wildman–Crippen LogP) is 2.21. The van der Waals surface area contributed by atoms with E-state index in [1.54, 1.807) is 0 Å². The molecule has 4 nitrogen and oxygen atoms in total. The molecule has 0 spiro atoms. The molecule has 0 bridgehead atoms. The number of thiocarbonyl (C=S) groups is 1. The van der Waals surface area contributed by atoms with Gasteiger partial charge in [-0.3, -0.25) is 9.88 Å². The molecule has 1 aliphatic heterocycles. The fourth-order valence-corrected chi connectivity index (χ4v) is 3.28. The zero-order valence-electron chi connectivity index (χ0n) is 13.0. The largest absolute Gasteiger partial charge is 0.379 e. The molecule has 1 N–H and O–H groups in total. The third-order valence-electron chi connectivity index (χ3n) is 4.70. The summed E-state index contributed by atoms with van der Waals surface area (Å²) in [6.07, 6.45) is 5.91. The van der Waals surface area contributed by atoms with Gasteiger partial charge in [0, 0.05) is 32.4 Å². The summed E-state index contributed by atoms with van der Waals surface area (Å²) in [5.41, 5.74) is 1.07. The summed E-state index contributed by atoms with van der Waals surface area (Å²) < 4.78 is 5.44. The van der Waals surface area contributed by atoms with Gasteiger partial charge < -0.3 is 10.1 Å². The summed E-state index contributed by atoms with van der Waals surface area (Å²) in [5, 5.41) is 3.51. The molecule has 2 fully saturated rings. The summed E-state index contributed by atoms with van der Waals surface area (Å²) in [5.74, 6) is 0.986. The minimum absolute atomic E-state index is 0.175. The van der Waals surface area contributed by atoms with Gasteiger partial charge in [0.05, 0.1) is 29.8 Å². The molecule has 1 aromatic rings. The van der Waals surface area contributed by atoms with Crippen molar-refractivity contribution in [2.24, 2.45) is 5.92 Å². The normalized spacial score (nSPS) is 21.1. The number of rotatable bonds is 6. The molecule has 1 saturated carbocycles. The molecule has 1 saturated heterocycles. The molecule has 120 valence electrons. The zero-order chi connectivity index (χ0) is 15.2. The molecule has 1 unspecified atom stereocenters. The van der Waals surface area contributed by atoms with E-state index in [1.165, 1.54) is 19.3 Å². The van der Waals surface area contributed by atoms with Crippen LogP contribution in [-0.2, 0) is 4.74 Å². The lowest BCUT2D eigenvalue weighted by Gasteiger charge is -2.32. The van der Waals surface area contributed by atoms with Crippen molar-refractivity contribution in [3.8, 4) is 0 Å². The van der Waals surface area contributed by atoms with Crippen LogP contribution in [0.1, 0.15) is 30.9 Å². The van der Waals surface area contributed by atoms with Gasteiger partial charge in [-0.1, -0.05) is 24.7 Å². The minimum Gasteiger partial charge on any atom is -0.379 e. The number of hydrogen-bond donors (Lipinski definition) is 1. The first-order chi connectivity index (χ1) is 10.8. The molecule has 22 heavy (non-hydrogen) atoms. The third kappa shape index (κ3) is 4.24. The average molecular weight is 319 g/mol. The second-order valence-electron chi connectivity index (χ2n) is 6.26. The van der Waals surface area contributed by atoms with Crippen LogP contribution < -0.4 is 5.32 Å². The number of nitrogens with one attached hydrogen (secondary N) is 1. The van der Waals surface area contributed by atoms with Gasteiger partial charge in [-0.15, -0.1) is 0 Å². The van der Waals surface area contributed by atoms with Crippen LogP contribution >= 0.6 is 12.2 Å². The van der Waals surface area contributed by atoms with Gasteiger partial charge in [-0.25, -0.2) is 0 Å². The van der Waals surface area contributed by atoms with E-state index in [9.17, 15) is 0 Å². The topological polar surface area (TPSA) is 37.4 Å². The quantitative estimate of drug-likeness (QED) is 0.814. The van der Waals surface area contributed by atoms with Crippen molar-refractivity contribution in [3.05, 3.63) is 30.1 Å². The second kappa shape index (κ2) is 7.99. The lowest BCUT2D eigenvalue weighted by Crippen LogP contribution is -2.43. The first-order valence-electron chi connectivity index (χ1n) is 8.31. The van der Waals surface area contributed by atoms with Gasteiger partial charge in [-0.2, -0.15) is 0 Å². The zero-order valence-corrected chi connectivity index (χ0v) is 13.9. The van der Waals surface area contributed by atoms with Crippen molar-refractivity contribution in [1.82, 2.24) is 15.2 Å². The van der Waals surface area contributed by atoms with Gasteiger partial charge in [0.2, 0.25) is 0 Å². The maximum absolute atomic E-state index is 5.71. The van der Waals surface area contributed by atoms with Gasteiger partial charge in [0.1, 0.15) is 0 Å². The molecular formula is C17H25N3OS. The summed E-state index contributed by atoms with van der Waals surface area (Å²) in [6, 6.07) is 6.09. The third-order valence-corrected chi connectivity index (χ3v) is 5.12. The Bertz CT molecular complexity index is 472. The molecule has 1 aliphatic carbocycles. The summed E-state index contributed by atoms with van der Waals surface area (Å²) in [6.45, 7) is 5.54. The Hall–Kier alpha value is -1.04. The monoisotopic (exact) mass is 319 g/mol. The molecule has 2 heterocycles. The number of hydrogen-bond acceptors (Lipinski definition) is 4. The molecule has 1 aromatic heterocycles. The summed E-state index contributed by atoms with van der Waals surface area (Å²) in [4.78, 5) is 7.91. The van der Waals surface area contributed by atoms with Crippen LogP contribution in [0.25, 0.3) is 0 Å². The lowest BCUT2D eigenvalue weighted by atomic mass is 9.85. The van der Waals surface area contributed by atoms with Gasteiger partial charge >= 0.3 is 0 Å². The lowest BCUT2D eigenvalue weighted by molar-refractivity contribution is 0.0372. The number of ether oxygens (including phenoxy) is 1. The maximum atomic E-state index is 5.71. The maximum Gasteiger partial charge on any atom is 0.0858 e. The Kier molecular flexibility index (Phi) is 5.76. The second-order valence-corrected chi connectivity index (χ2v) is 6.70. The highest BCUT2D eigenvalue weighted by Gasteiger charge is 2.24. The van der Waals surface area contributed by atoms with Crippen molar-refractivity contribution < 1.29 is 4.74 Å². The molecule has 2 aliphatic rings. The molecule has 5 heteroatoms. The molecule has 3 rings (SSSR count). The number of aromatic nitrogens is 1. The number of morpholine rings is 1. The van der Waals surface area contributed by atoms with E-state index in [0.29, 0.717) is 0 Å². The van der Waals surface area contributed by atoms with E-state index in [-0.39, 0.29) is 5.92 Å². The first-order valence-corrected chi connectivity index (χ1v) is 8.72. The van der Waals surface area contributed by atoms with Crippen LogP contribution in [0.15, 0.2) is 24.4 Å². The first kappa shape index (κ1) is 15.8. The van der Waals surface area contributed by atoms with Crippen LogP contribution in [0.5, 0.6) is 0 Å². The van der Waals surface area contributed by atoms with Gasteiger partial charge in [-0.05, 0) is 30.9 Å². The Balaban J connectivity index is 1.63. The van der Waals surface area contributed by atoms with Gasteiger partial charge in [0.15, 0.2) is 0 Å². The number of pyridine rings is 1. The van der Waals surface area contributed by atoms with Crippen molar-refractivity contribution in [2.75, 3.05) is 39.4 Å². The van der Waals surface area contributed by atoms with Crippen LogP contribution in [0.3, 0.4) is 0 Å². The number of nitrogens with zero attached hydrogens (tertiary/aromatic N) is 2. The van der Waals surface area contributed by atoms with Crippen LogP contribution in [0.2, 0.25) is 0 Å². The average Bonchev–Trinajstić information content (AvgIpc) is 2.53. The molecule has 1 atom stereocenters. The molecule has 0 radical (unpaired) electrons. The van der Waals surface area contributed by atoms with Crippen LogP contribution in [0.4, 0.5) is 0 Å². The van der Waals surface area contributed by atoms with Crippen LogP contribution in [0, 0.1) is 5.92 Å². The Morgan fingerprint density at radius 2 is 2.18 bits per heavy atom. The Morgan fingerprint density at radius 3 is 2.82 bits per heavy atom. The van der Waals surface area contributed by atoms with E-state index in [2.05, 4.69) is 21.3 Å². The van der Waals surface area contributed by atoms with Crippen molar-refractivity contribution in [1.29, 1.82) is 0 Å². The molecule has 0 aromatic carbocycles. The summed E-state index contributed by atoms with van der Waals surface area (Å²) in [7, 11) is 0. The van der Waals surface area contributed by atoms with Gasteiger partial charge in [0.25, 0.3) is 0 Å². The smallest absolute Gasteiger partial charge is 0.0858 e. The van der Waals surface area contributed by atoms with Crippen LogP contribution in [-0.4, -0.2) is 54.3 Å². The highest BCUT2D eigenvalue weighted by Crippen LogP contribution is 2.26. The summed E-state index contributed by atoms with van der Waals surface area (Å²) >= 11 is 5.71. The highest BCUT2D eigenvalue weighted by atomic mass is 32.1. The predicted molar refractivity (Wildman–Crippen MR) is 92.2 cm³/mol. The fraction of sp³-hybridized carbons (Fsp3) is 0.647. The van der Waals surface area contributed by atoms with Crippen molar-refractivity contribution >= 4 is 17.2 Å². The molecule has 0 amide bonds. The van der Waals surface area contributed by atoms with E-state index < -0.39 is 0 Å². The standard InChI is InChI=1S/C17H25N3OS/c22-17(19-12-14-4-3-5-14)15(16-6-1-2-7-18-16)13-20-8-10-21-11-9-20/h1-2,6-7,14-15H,3-5,8-13H2,(H,19,22).